The Kier molecular flexibility index (Phi) is 3.88. The summed E-state index contributed by atoms with van der Waals surface area (Å²) in [5.74, 6) is 1.66. The Bertz CT molecular complexity index is 556. The number of hydrogen-bond donors (Lipinski definition) is 1. The van der Waals surface area contributed by atoms with Crippen LogP contribution in [0.5, 0.6) is 11.5 Å². The summed E-state index contributed by atoms with van der Waals surface area (Å²) in [5, 5.41) is 3.49. The minimum atomic E-state index is 0.0519. The Balaban J connectivity index is 1.55. The van der Waals surface area contributed by atoms with Crippen LogP contribution in [0.2, 0.25) is 0 Å². The zero-order chi connectivity index (χ0) is 13.8. The van der Waals surface area contributed by atoms with E-state index in [-0.39, 0.29) is 6.10 Å². The molecule has 2 aromatic rings. The number of fused-ring (bicyclic) bond motifs is 1. The zero-order valence-electron chi connectivity index (χ0n) is 11.6. The molecule has 3 rings (SSSR count). The number of benzene rings is 2. The minimum absolute atomic E-state index is 0.0519. The zero-order valence-corrected chi connectivity index (χ0v) is 11.6. The van der Waals surface area contributed by atoms with Crippen molar-refractivity contribution in [2.24, 2.45) is 0 Å². The monoisotopic (exact) mass is 269 g/mol. The summed E-state index contributed by atoms with van der Waals surface area (Å²) < 4.78 is 11.6. The average Bonchev–Trinajstić information content (AvgIpc) is 2.53. The molecule has 1 N–H and O–H groups in total. The maximum Gasteiger partial charge on any atom is 0.161 e. The Hall–Kier alpha value is -2.00. The van der Waals surface area contributed by atoms with Crippen molar-refractivity contribution in [1.82, 2.24) is 5.32 Å². The van der Waals surface area contributed by atoms with Gasteiger partial charge < -0.3 is 14.8 Å². The summed E-state index contributed by atoms with van der Waals surface area (Å²) in [6, 6.07) is 18.5. The maximum atomic E-state index is 5.93. The third-order valence-corrected chi connectivity index (χ3v) is 3.52. The lowest BCUT2D eigenvalue weighted by molar-refractivity contribution is 0.0886. The van der Waals surface area contributed by atoms with Crippen molar-refractivity contribution < 1.29 is 9.47 Å². The van der Waals surface area contributed by atoms with Gasteiger partial charge in [0.25, 0.3) is 0 Å². The van der Waals surface area contributed by atoms with Crippen LogP contribution in [0.15, 0.2) is 54.6 Å². The minimum Gasteiger partial charge on any atom is -0.486 e. The molecule has 1 heterocycles. The quantitative estimate of drug-likeness (QED) is 0.924. The van der Waals surface area contributed by atoms with Gasteiger partial charge >= 0.3 is 0 Å². The van der Waals surface area contributed by atoms with E-state index in [0.717, 1.165) is 18.0 Å². The van der Waals surface area contributed by atoms with Crippen molar-refractivity contribution in [2.45, 2.75) is 19.1 Å². The van der Waals surface area contributed by atoms with Crippen LogP contribution in [0.1, 0.15) is 18.5 Å². The molecular weight excluding hydrogens is 250 g/mol. The first kappa shape index (κ1) is 13.0. The molecule has 0 aromatic heterocycles. The molecule has 104 valence electrons. The molecule has 0 aliphatic carbocycles. The van der Waals surface area contributed by atoms with E-state index in [4.69, 9.17) is 9.47 Å². The standard InChI is InChI=1S/C17H19NO2/c1-13(14-7-3-2-4-8-14)18-11-15-12-19-16-9-5-6-10-17(16)20-15/h2-10,13,15,18H,11-12H2,1H3/t13-,15+/m1/s1. The average molecular weight is 269 g/mol. The molecule has 0 saturated carbocycles. The van der Waals surface area contributed by atoms with Crippen molar-refractivity contribution in [3.8, 4) is 11.5 Å². The lowest BCUT2D eigenvalue weighted by Crippen LogP contribution is -2.39. The van der Waals surface area contributed by atoms with E-state index in [1.54, 1.807) is 0 Å². The van der Waals surface area contributed by atoms with Gasteiger partial charge in [-0.05, 0) is 24.6 Å². The lowest BCUT2D eigenvalue weighted by atomic mass is 10.1. The van der Waals surface area contributed by atoms with E-state index >= 15 is 0 Å². The number of hydrogen-bond acceptors (Lipinski definition) is 3. The molecule has 0 saturated heterocycles. The van der Waals surface area contributed by atoms with Crippen molar-refractivity contribution in [1.29, 1.82) is 0 Å². The van der Waals surface area contributed by atoms with E-state index in [0.29, 0.717) is 12.6 Å². The first-order valence-electron chi connectivity index (χ1n) is 7.00. The van der Waals surface area contributed by atoms with Crippen molar-refractivity contribution in [3.63, 3.8) is 0 Å². The first-order valence-corrected chi connectivity index (χ1v) is 7.00. The second kappa shape index (κ2) is 5.97. The molecule has 0 spiro atoms. The van der Waals surface area contributed by atoms with Crippen LogP contribution in [0.4, 0.5) is 0 Å². The molecule has 20 heavy (non-hydrogen) atoms. The predicted octanol–water partition coefficient (Wildman–Crippen LogP) is 3.18. The largest absolute Gasteiger partial charge is 0.486 e. The SMILES string of the molecule is C[C@@H](NC[C@H]1COc2ccccc2O1)c1ccccc1. The predicted molar refractivity (Wildman–Crippen MR) is 79.2 cm³/mol. The second-order valence-electron chi connectivity index (χ2n) is 5.04. The Morgan fingerprint density at radius 2 is 1.75 bits per heavy atom. The van der Waals surface area contributed by atoms with Gasteiger partial charge in [-0.2, -0.15) is 0 Å². The molecule has 1 aliphatic heterocycles. The van der Waals surface area contributed by atoms with Gasteiger partial charge in [0.05, 0.1) is 0 Å². The Labute approximate surface area is 119 Å². The first-order chi connectivity index (χ1) is 9.83. The van der Waals surface area contributed by atoms with Crippen LogP contribution in [0, 0.1) is 0 Å². The van der Waals surface area contributed by atoms with E-state index in [1.807, 2.05) is 30.3 Å². The van der Waals surface area contributed by atoms with E-state index in [2.05, 4.69) is 36.5 Å². The van der Waals surface area contributed by atoms with Crippen LogP contribution >= 0.6 is 0 Å². The highest BCUT2D eigenvalue weighted by atomic mass is 16.6. The summed E-state index contributed by atoms with van der Waals surface area (Å²) in [6.07, 6.45) is 0.0519. The fourth-order valence-corrected chi connectivity index (χ4v) is 2.33. The van der Waals surface area contributed by atoms with Crippen LogP contribution in [-0.2, 0) is 0 Å². The van der Waals surface area contributed by atoms with Gasteiger partial charge in [0.1, 0.15) is 12.7 Å². The number of nitrogens with one attached hydrogen (secondary N) is 1. The summed E-state index contributed by atoms with van der Waals surface area (Å²) in [6.45, 7) is 3.52. The summed E-state index contributed by atoms with van der Waals surface area (Å²) >= 11 is 0. The van der Waals surface area contributed by atoms with Gasteiger partial charge in [-0.3, -0.25) is 0 Å². The van der Waals surface area contributed by atoms with Gasteiger partial charge in [-0.1, -0.05) is 42.5 Å². The van der Waals surface area contributed by atoms with Crippen molar-refractivity contribution in [2.75, 3.05) is 13.2 Å². The van der Waals surface area contributed by atoms with Crippen molar-refractivity contribution >= 4 is 0 Å². The van der Waals surface area contributed by atoms with Crippen LogP contribution in [-0.4, -0.2) is 19.3 Å². The van der Waals surface area contributed by atoms with Gasteiger partial charge in [0, 0.05) is 12.6 Å². The second-order valence-corrected chi connectivity index (χ2v) is 5.04. The van der Waals surface area contributed by atoms with E-state index in [1.165, 1.54) is 5.56 Å². The molecule has 0 fully saturated rings. The Morgan fingerprint density at radius 1 is 1.05 bits per heavy atom. The topological polar surface area (TPSA) is 30.5 Å². The molecule has 0 radical (unpaired) electrons. The van der Waals surface area contributed by atoms with Crippen LogP contribution < -0.4 is 14.8 Å². The summed E-state index contributed by atoms with van der Waals surface area (Å²) in [7, 11) is 0. The molecule has 3 nitrogen and oxygen atoms in total. The number of rotatable bonds is 4. The molecule has 3 heteroatoms. The smallest absolute Gasteiger partial charge is 0.161 e. The normalized spacial score (nSPS) is 18.6. The van der Waals surface area contributed by atoms with Crippen molar-refractivity contribution in [3.05, 3.63) is 60.2 Å². The van der Waals surface area contributed by atoms with E-state index in [9.17, 15) is 0 Å². The molecule has 0 amide bonds. The van der Waals surface area contributed by atoms with E-state index < -0.39 is 0 Å². The molecular formula is C17H19NO2. The van der Waals surface area contributed by atoms with Gasteiger partial charge in [0.15, 0.2) is 11.5 Å². The highest BCUT2D eigenvalue weighted by Crippen LogP contribution is 2.30. The highest BCUT2D eigenvalue weighted by molar-refractivity contribution is 5.40. The lowest BCUT2D eigenvalue weighted by Gasteiger charge is -2.27. The van der Waals surface area contributed by atoms with Gasteiger partial charge in [0.2, 0.25) is 0 Å². The number of para-hydroxylation sites is 2. The fraction of sp³-hybridized carbons (Fsp3) is 0.294. The highest BCUT2D eigenvalue weighted by Gasteiger charge is 2.20. The number of ether oxygens (including phenoxy) is 2. The van der Waals surface area contributed by atoms with Crippen LogP contribution in [0.3, 0.4) is 0 Å². The van der Waals surface area contributed by atoms with Crippen LogP contribution in [0.25, 0.3) is 0 Å². The van der Waals surface area contributed by atoms with Gasteiger partial charge in [-0.15, -0.1) is 0 Å². The molecule has 2 aromatic carbocycles. The third kappa shape index (κ3) is 2.94. The Morgan fingerprint density at radius 3 is 2.55 bits per heavy atom. The maximum absolute atomic E-state index is 5.93. The molecule has 1 aliphatic rings. The van der Waals surface area contributed by atoms with Gasteiger partial charge in [-0.25, -0.2) is 0 Å². The molecule has 0 unspecified atom stereocenters. The molecule has 2 atom stereocenters. The summed E-state index contributed by atoms with van der Waals surface area (Å²) in [4.78, 5) is 0. The molecule has 0 bridgehead atoms. The fourth-order valence-electron chi connectivity index (χ4n) is 2.33. The summed E-state index contributed by atoms with van der Waals surface area (Å²) in [5.41, 5.74) is 1.28. The third-order valence-electron chi connectivity index (χ3n) is 3.52.